The third-order valence-corrected chi connectivity index (χ3v) is 3.21. The van der Waals surface area contributed by atoms with Crippen LogP contribution in [0.15, 0.2) is 23.7 Å². The van der Waals surface area contributed by atoms with E-state index >= 15 is 0 Å². The second kappa shape index (κ2) is 4.19. The van der Waals surface area contributed by atoms with Gasteiger partial charge >= 0.3 is 0 Å². The molecule has 2 N–H and O–H groups in total. The summed E-state index contributed by atoms with van der Waals surface area (Å²) in [5.74, 6) is 0.703. The van der Waals surface area contributed by atoms with Crippen LogP contribution in [0.1, 0.15) is 16.2 Å². The van der Waals surface area contributed by atoms with E-state index in [-0.39, 0.29) is 11.9 Å². The summed E-state index contributed by atoms with van der Waals surface area (Å²) >= 11 is 1.50. The van der Waals surface area contributed by atoms with Gasteiger partial charge in [0.15, 0.2) is 0 Å². The van der Waals surface area contributed by atoms with Crippen molar-refractivity contribution in [2.75, 3.05) is 5.32 Å². The molecule has 2 heterocycles. The van der Waals surface area contributed by atoms with Crippen molar-refractivity contribution in [2.24, 2.45) is 0 Å². The number of aromatic nitrogens is 4. The number of fused-ring (bicyclic) bond motifs is 1. The minimum absolute atomic E-state index is 0.232. The number of hydrogen-bond donors (Lipinski definition) is 2. The van der Waals surface area contributed by atoms with E-state index in [1.165, 1.54) is 11.3 Å². The summed E-state index contributed by atoms with van der Waals surface area (Å²) in [6, 6.07) is 5.36. The van der Waals surface area contributed by atoms with Crippen molar-refractivity contribution in [3.63, 3.8) is 0 Å². The van der Waals surface area contributed by atoms with Crippen molar-refractivity contribution in [3.8, 4) is 0 Å². The van der Waals surface area contributed by atoms with Crippen LogP contribution in [0.25, 0.3) is 10.2 Å². The number of carbonyl (C=O) groups is 1. The molecule has 0 aliphatic rings. The highest BCUT2D eigenvalue weighted by molar-refractivity contribution is 7.16. The number of aromatic amines is 1. The minimum atomic E-state index is -0.232. The van der Waals surface area contributed by atoms with Crippen molar-refractivity contribution in [2.45, 2.75) is 6.92 Å². The van der Waals surface area contributed by atoms with Gasteiger partial charge in [-0.15, -0.1) is 16.4 Å². The third kappa shape index (κ3) is 1.95. The quantitative estimate of drug-likeness (QED) is 0.737. The molecule has 1 amide bonds. The molecule has 0 bridgehead atoms. The molecule has 3 aromatic rings. The average Bonchev–Trinajstić information content (AvgIpc) is 2.96. The maximum Gasteiger partial charge on any atom is 0.258 e. The van der Waals surface area contributed by atoms with E-state index in [2.05, 4.69) is 25.5 Å². The standard InChI is InChI=1S/C11H9N5OS/c1-6-13-11(16-15-6)14-10(17)7-2-3-8-9(4-7)18-5-12-8/h2-5H,1H3,(H2,13,14,15,16,17). The fourth-order valence-electron chi connectivity index (χ4n) is 1.57. The third-order valence-electron chi connectivity index (χ3n) is 2.42. The molecule has 0 saturated carbocycles. The highest BCUT2D eigenvalue weighted by Crippen LogP contribution is 2.19. The van der Waals surface area contributed by atoms with Crippen molar-refractivity contribution in [1.82, 2.24) is 20.2 Å². The zero-order valence-electron chi connectivity index (χ0n) is 9.47. The molecule has 2 aromatic heterocycles. The molecule has 6 nitrogen and oxygen atoms in total. The Morgan fingerprint density at radius 1 is 1.44 bits per heavy atom. The lowest BCUT2D eigenvalue weighted by Gasteiger charge is -2.00. The largest absolute Gasteiger partial charge is 0.289 e. The molecule has 0 spiro atoms. The van der Waals surface area contributed by atoms with Gasteiger partial charge in [-0.05, 0) is 25.1 Å². The number of hydrogen-bond acceptors (Lipinski definition) is 5. The van der Waals surface area contributed by atoms with Crippen molar-refractivity contribution < 1.29 is 4.79 Å². The molecule has 1 aromatic carbocycles. The molecule has 0 radical (unpaired) electrons. The summed E-state index contributed by atoms with van der Waals surface area (Å²) in [4.78, 5) is 20.2. The van der Waals surface area contributed by atoms with Gasteiger partial charge < -0.3 is 0 Å². The number of rotatable bonds is 2. The lowest BCUT2D eigenvalue weighted by molar-refractivity contribution is 0.102. The molecular formula is C11H9N5OS. The van der Waals surface area contributed by atoms with Crippen LogP contribution in [-0.2, 0) is 0 Å². The van der Waals surface area contributed by atoms with Gasteiger partial charge in [-0.1, -0.05) is 0 Å². The summed E-state index contributed by atoms with van der Waals surface area (Å²) in [7, 11) is 0. The molecule has 0 aliphatic carbocycles. The Kier molecular flexibility index (Phi) is 2.52. The highest BCUT2D eigenvalue weighted by atomic mass is 32.1. The average molecular weight is 259 g/mol. The molecular weight excluding hydrogens is 250 g/mol. The zero-order valence-corrected chi connectivity index (χ0v) is 10.3. The van der Waals surface area contributed by atoms with Gasteiger partial charge in [0, 0.05) is 5.56 Å². The van der Waals surface area contributed by atoms with Crippen molar-refractivity contribution >= 4 is 33.4 Å². The van der Waals surface area contributed by atoms with E-state index in [9.17, 15) is 4.79 Å². The number of nitrogens with one attached hydrogen (secondary N) is 2. The van der Waals surface area contributed by atoms with Gasteiger partial charge in [0.2, 0.25) is 5.95 Å². The number of nitrogens with zero attached hydrogens (tertiary/aromatic N) is 3. The van der Waals surface area contributed by atoms with Crippen molar-refractivity contribution in [3.05, 3.63) is 35.1 Å². The predicted molar refractivity (Wildman–Crippen MR) is 68.7 cm³/mol. The molecule has 0 aliphatic heterocycles. The van der Waals surface area contributed by atoms with Gasteiger partial charge in [0.1, 0.15) is 5.82 Å². The topological polar surface area (TPSA) is 83.6 Å². The van der Waals surface area contributed by atoms with Gasteiger partial charge in [-0.3, -0.25) is 15.2 Å². The van der Waals surface area contributed by atoms with Crippen LogP contribution in [0.5, 0.6) is 0 Å². The first-order valence-electron chi connectivity index (χ1n) is 5.26. The van der Waals surface area contributed by atoms with E-state index in [1.54, 1.807) is 18.5 Å². The summed E-state index contributed by atoms with van der Waals surface area (Å²) in [6.07, 6.45) is 0. The van der Waals surface area contributed by atoms with Gasteiger partial charge in [0.05, 0.1) is 15.7 Å². The van der Waals surface area contributed by atoms with Crippen LogP contribution < -0.4 is 5.32 Å². The lowest BCUT2D eigenvalue weighted by Crippen LogP contribution is -2.12. The Balaban J connectivity index is 1.87. The molecule has 0 unspecified atom stereocenters. The SMILES string of the molecule is Cc1nc(NC(=O)c2ccc3ncsc3c2)n[nH]1. The minimum Gasteiger partial charge on any atom is -0.289 e. The zero-order chi connectivity index (χ0) is 12.5. The second-order valence-electron chi connectivity index (χ2n) is 3.73. The first kappa shape index (κ1) is 10.8. The molecule has 18 heavy (non-hydrogen) atoms. The molecule has 0 fully saturated rings. The maximum absolute atomic E-state index is 12.0. The Bertz CT molecular complexity index is 717. The molecule has 90 valence electrons. The lowest BCUT2D eigenvalue weighted by atomic mass is 10.2. The maximum atomic E-state index is 12.0. The first-order valence-corrected chi connectivity index (χ1v) is 6.14. The van der Waals surface area contributed by atoms with Crippen LogP contribution in [0.2, 0.25) is 0 Å². The fraction of sp³-hybridized carbons (Fsp3) is 0.0909. The number of anilines is 1. The van der Waals surface area contributed by atoms with Gasteiger partial charge in [-0.25, -0.2) is 4.98 Å². The Morgan fingerprint density at radius 2 is 2.33 bits per heavy atom. The summed E-state index contributed by atoms with van der Waals surface area (Å²) < 4.78 is 0.980. The molecule has 7 heteroatoms. The smallest absolute Gasteiger partial charge is 0.258 e. The van der Waals surface area contributed by atoms with Gasteiger partial charge in [0.25, 0.3) is 5.91 Å². The second-order valence-corrected chi connectivity index (χ2v) is 4.62. The predicted octanol–water partition coefficient (Wildman–Crippen LogP) is 1.98. The fourth-order valence-corrected chi connectivity index (χ4v) is 2.28. The normalized spacial score (nSPS) is 10.7. The number of amides is 1. The molecule has 3 rings (SSSR count). The summed E-state index contributed by atoms with van der Waals surface area (Å²) in [5.41, 5.74) is 3.21. The highest BCUT2D eigenvalue weighted by Gasteiger charge is 2.10. The molecule has 0 atom stereocenters. The van der Waals surface area contributed by atoms with Crippen molar-refractivity contribution in [1.29, 1.82) is 0 Å². The van der Waals surface area contributed by atoms with Crippen LogP contribution in [0.4, 0.5) is 5.95 Å². The first-order chi connectivity index (χ1) is 8.72. The number of benzene rings is 1. The number of thiazole rings is 1. The Morgan fingerprint density at radius 3 is 3.11 bits per heavy atom. The van der Waals surface area contributed by atoms with E-state index in [1.807, 2.05) is 12.1 Å². The van der Waals surface area contributed by atoms with Crippen LogP contribution >= 0.6 is 11.3 Å². The number of H-pyrrole nitrogens is 1. The van der Waals surface area contributed by atoms with Crippen LogP contribution in [0.3, 0.4) is 0 Å². The van der Waals surface area contributed by atoms with E-state index in [0.717, 1.165) is 10.2 Å². The monoisotopic (exact) mass is 259 g/mol. The Labute approximate surface area is 106 Å². The van der Waals surface area contributed by atoms with E-state index < -0.39 is 0 Å². The van der Waals surface area contributed by atoms with Crippen LogP contribution in [-0.4, -0.2) is 26.1 Å². The number of aryl methyl sites for hydroxylation is 1. The van der Waals surface area contributed by atoms with E-state index in [0.29, 0.717) is 11.4 Å². The summed E-state index contributed by atoms with van der Waals surface area (Å²) in [6.45, 7) is 1.77. The Hall–Kier alpha value is -2.28. The van der Waals surface area contributed by atoms with E-state index in [4.69, 9.17) is 0 Å². The number of carbonyl (C=O) groups excluding carboxylic acids is 1. The van der Waals surface area contributed by atoms with Crippen LogP contribution in [0, 0.1) is 6.92 Å². The van der Waals surface area contributed by atoms with Gasteiger partial charge in [-0.2, -0.15) is 4.98 Å². The summed E-state index contributed by atoms with van der Waals surface area (Å²) in [5, 5.41) is 9.15. The molecule has 0 saturated heterocycles.